The molecule has 0 aliphatic carbocycles. The third kappa shape index (κ3) is 2.90. The first kappa shape index (κ1) is 13.4. The van der Waals surface area contributed by atoms with Crippen molar-refractivity contribution in [2.75, 3.05) is 6.26 Å². The van der Waals surface area contributed by atoms with Crippen LogP contribution in [0, 0.1) is 0 Å². The lowest BCUT2D eigenvalue weighted by Gasteiger charge is -2.22. The summed E-state index contributed by atoms with van der Waals surface area (Å²) in [5, 5.41) is 18.7. The van der Waals surface area contributed by atoms with E-state index in [1.807, 2.05) is 18.4 Å². The van der Waals surface area contributed by atoms with Crippen LogP contribution in [0.15, 0.2) is 17.0 Å². The van der Waals surface area contributed by atoms with E-state index in [-0.39, 0.29) is 17.7 Å². The fraction of sp³-hybridized carbons (Fsp3) is 0.500. The zero-order valence-corrected chi connectivity index (χ0v) is 11.0. The largest absolute Gasteiger partial charge is 0.506 e. The van der Waals surface area contributed by atoms with Crippen LogP contribution in [0.2, 0.25) is 0 Å². The molecule has 1 rings (SSSR count). The minimum Gasteiger partial charge on any atom is -0.506 e. The molecule has 0 saturated carbocycles. The Labute approximate surface area is 101 Å². The van der Waals surface area contributed by atoms with Gasteiger partial charge < -0.3 is 10.3 Å². The van der Waals surface area contributed by atoms with Gasteiger partial charge in [0.2, 0.25) is 0 Å². The Morgan fingerprint density at radius 3 is 2.38 bits per heavy atom. The van der Waals surface area contributed by atoms with E-state index in [4.69, 9.17) is 5.21 Å². The second-order valence-electron chi connectivity index (χ2n) is 4.77. The minimum absolute atomic E-state index is 0.0301. The monoisotopic (exact) mass is 241 g/mol. The molecule has 0 unspecified atom stereocenters. The smallest absolute Gasteiger partial charge is 0.133 e. The molecule has 3 nitrogen and oxygen atoms in total. The number of benzene rings is 1. The van der Waals surface area contributed by atoms with Gasteiger partial charge in [0.25, 0.3) is 0 Å². The zero-order chi connectivity index (χ0) is 12.3. The highest BCUT2D eigenvalue weighted by atomic mass is 32.2. The van der Waals surface area contributed by atoms with E-state index in [1.165, 1.54) is 11.8 Å². The molecule has 0 amide bonds. The molecule has 0 aromatic heterocycles. The second-order valence-corrected chi connectivity index (χ2v) is 5.62. The lowest BCUT2D eigenvalue weighted by atomic mass is 9.86. The number of phenolic OH excluding ortho intramolecular Hbond substituents is 1. The van der Waals surface area contributed by atoms with Crippen LogP contribution in [0.4, 0.5) is 0 Å². The number of thioether (sulfide) groups is 1. The van der Waals surface area contributed by atoms with E-state index >= 15 is 0 Å². The fourth-order valence-corrected chi connectivity index (χ4v) is 2.04. The maximum absolute atomic E-state index is 9.94. The molecule has 0 aliphatic heterocycles. The Kier molecular flexibility index (Phi) is 4.24. The Morgan fingerprint density at radius 2 is 1.94 bits per heavy atom. The highest BCUT2D eigenvalue weighted by Gasteiger charge is 2.18. The second kappa shape index (κ2) is 5.08. The average Bonchev–Trinajstić information content (AvgIpc) is 2.19. The molecule has 3 N–H and O–H groups in total. The van der Waals surface area contributed by atoms with Crippen LogP contribution < -0.4 is 5.48 Å². The first-order chi connectivity index (χ1) is 7.40. The summed E-state index contributed by atoms with van der Waals surface area (Å²) in [6.07, 6.45) is 1.93. The van der Waals surface area contributed by atoms with Gasteiger partial charge in [0.1, 0.15) is 5.75 Å². The van der Waals surface area contributed by atoms with Crippen LogP contribution in [-0.2, 0) is 12.0 Å². The molecule has 4 heteroatoms. The highest BCUT2D eigenvalue weighted by Crippen LogP contribution is 2.35. The van der Waals surface area contributed by atoms with Gasteiger partial charge in [-0.1, -0.05) is 26.8 Å². The molecule has 0 spiro atoms. The van der Waals surface area contributed by atoms with Crippen molar-refractivity contribution < 1.29 is 10.3 Å². The van der Waals surface area contributed by atoms with Crippen LogP contribution in [0.5, 0.6) is 5.75 Å². The number of hydrogen-bond donors (Lipinski definition) is 3. The molecule has 0 saturated heterocycles. The number of hydrogen-bond acceptors (Lipinski definition) is 4. The summed E-state index contributed by atoms with van der Waals surface area (Å²) in [7, 11) is 0. The molecule has 0 atom stereocenters. The maximum Gasteiger partial charge on any atom is 0.133 e. The average molecular weight is 241 g/mol. The minimum atomic E-state index is 0.0301. The van der Waals surface area contributed by atoms with Gasteiger partial charge >= 0.3 is 0 Å². The molecule has 0 bridgehead atoms. The topological polar surface area (TPSA) is 52.5 Å². The third-order valence-corrected chi connectivity index (χ3v) is 3.26. The first-order valence-corrected chi connectivity index (χ1v) is 6.40. The van der Waals surface area contributed by atoms with Crippen LogP contribution in [-0.4, -0.2) is 16.6 Å². The SMILES string of the molecule is CSc1cc(C(C)(C)C)cc(CNO)c1O. The molecule has 0 fully saturated rings. The van der Waals surface area contributed by atoms with Crippen molar-refractivity contribution in [1.82, 2.24) is 5.48 Å². The predicted molar refractivity (Wildman–Crippen MR) is 67.2 cm³/mol. The molecule has 0 radical (unpaired) electrons. The summed E-state index contributed by atoms with van der Waals surface area (Å²) in [4.78, 5) is 0.845. The van der Waals surface area contributed by atoms with Gasteiger partial charge in [-0.25, -0.2) is 5.48 Å². The summed E-state index contributed by atoms with van der Waals surface area (Å²) < 4.78 is 0. The first-order valence-electron chi connectivity index (χ1n) is 5.17. The van der Waals surface area contributed by atoms with Crippen LogP contribution in [0.25, 0.3) is 0 Å². The van der Waals surface area contributed by atoms with Gasteiger partial charge in [0.05, 0.1) is 0 Å². The van der Waals surface area contributed by atoms with Crippen molar-refractivity contribution in [3.05, 3.63) is 23.3 Å². The highest BCUT2D eigenvalue weighted by molar-refractivity contribution is 7.98. The Balaban J connectivity index is 3.28. The summed E-state index contributed by atoms with van der Waals surface area (Å²) in [6.45, 7) is 6.63. The van der Waals surface area contributed by atoms with Crippen molar-refractivity contribution in [3.8, 4) is 5.75 Å². The Bertz CT molecular complexity index is 372. The fourth-order valence-electron chi connectivity index (χ4n) is 1.47. The van der Waals surface area contributed by atoms with Crippen molar-refractivity contribution in [3.63, 3.8) is 0 Å². The lowest BCUT2D eigenvalue weighted by Crippen LogP contribution is -2.13. The summed E-state index contributed by atoms with van der Waals surface area (Å²) in [5.41, 5.74) is 3.99. The van der Waals surface area contributed by atoms with Gasteiger partial charge in [-0.05, 0) is 23.3 Å². The molecule has 16 heavy (non-hydrogen) atoms. The summed E-state index contributed by atoms with van der Waals surface area (Å²) in [6, 6.07) is 3.93. The molecule has 0 heterocycles. The standard InChI is InChI=1S/C12H19NO2S/c1-12(2,3)9-5-8(7-13-15)11(14)10(6-9)16-4/h5-6,13-15H,7H2,1-4H3. The lowest BCUT2D eigenvalue weighted by molar-refractivity contribution is 0.160. The van der Waals surface area contributed by atoms with Crippen LogP contribution >= 0.6 is 11.8 Å². The summed E-state index contributed by atoms with van der Waals surface area (Å²) >= 11 is 1.51. The molecule has 90 valence electrons. The number of aromatic hydroxyl groups is 1. The van der Waals surface area contributed by atoms with E-state index in [1.54, 1.807) is 0 Å². The number of hydroxylamine groups is 1. The van der Waals surface area contributed by atoms with E-state index in [0.29, 0.717) is 0 Å². The van der Waals surface area contributed by atoms with Crippen LogP contribution in [0.3, 0.4) is 0 Å². The van der Waals surface area contributed by atoms with E-state index in [9.17, 15) is 5.11 Å². The van der Waals surface area contributed by atoms with Crippen molar-refractivity contribution in [1.29, 1.82) is 0 Å². The maximum atomic E-state index is 9.94. The number of rotatable bonds is 3. The van der Waals surface area contributed by atoms with E-state index in [2.05, 4.69) is 26.3 Å². The molecule has 1 aromatic rings. The van der Waals surface area contributed by atoms with Gasteiger partial charge in [0, 0.05) is 17.0 Å². The van der Waals surface area contributed by atoms with Crippen molar-refractivity contribution in [2.24, 2.45) is 0 Å². The van der Waals surface area contributed by atoms with Gasteiger partial charge in [-0.3, -0.25) is 0 Å². The third-order valence-electron chi connectivity index (χ3n) is 2.51. The quantitative estimate of drug-likeness (QED) is 0.562. The van der Waals surface area contributed by atoms with Gasteiger partial charge in [0.15, 0.2) is 0 Å². The molecule has 1 aromatic carbocycles. The number of nitrogens with one attached hydrogen (secondary N) is 1. The number of phenols is 1. The normalized spacial score (nSPS) is 11.8. The van der Waals surface area contributed by atoms with E-state index in [0.717, 1.165) is 16.0 Å². The molecular weight excluding hydrogens is 222 g/mol. The van der Waals surface area contributed by atoms with Gasteiger partial charge in [-0.15, -0.1) is 11.8 Å². The van der Waals surface area contributed by atoms with Gasteiger partial charge in [-0.2, -0.15) is 0 Å². The Hall–Kier alpha value is -0.710. The predicted octanol–water partition coefficient (Wildman–Crippen LogP) is 2.89. The molecular formula is C12H19NO2S. The van der Waals surface area contributed by atoms with E-state index < -0.39 is 0 Å². The molecule has 0 aliphatic rings. The Morgan fingerprint density at radius 1 is 1.31 bits per heavy atom. The van der Waals surface area contributed by atoms with Crippen molar-refractivity contribution >= 4 is 11.8 Å². The van der Waals surface area contributed by atoms with Crippen LogP contribution in [0.1, 0.15) is 31.9 Å². The van der Waals surface area contributed by atoms with Crippen molar-refractivity contribution in [2.45, 2.75) is 37.6 Å². The summed E-state index contributed by atoms with van der Waals surface area (Å²) in [5.74, 6) is 0.252. The zero-order valence-electron chi connectivity index (χ0n) is 10.2.